The molecule has 3 nitrogen and oxygen atoms in total. The highest BCUT2D eigenvalue weighted by atomic mass is 79.9. The van der Waals surface area contributed by atoms with Crippen LogP contribution >= 0.6 is 31.9 Å². The predicted octanol–water partition coefficient (Wildman–Crippen LogP) is 8.28. The number of aliphatic hydroxyl groups excluding tert-OH is 1. The smallest absolute Gasteiger partial charge is 0.416 e. The summed E-state index contributed by atoms with van der Waals surface area (Å²) in [5.74, 6) is -1.14. The average molecular weight is 600 g/mol. The molecule has 3 aromatic carbocycles. The Balaban J connectivity index is 1.96. The van der Waals surface area contributed by atoms with Gasteiger partial charge in [0.2, 0.25) is 0 Å². The van der Waals surface area contributed by atoms with Crippen LogP contribution in [0.15, 0.2) is 81.7 Å². The fourth-order valence-electron chi connectivity index (χ4n) is 3.75. The molecule has 34 heavy (non-hydrogen) atoms. The summed E-state index contributed by atoms with van der Waals surface area (Å²) in [5.41, 5.74) is 0.567. The second-order valence-corrected chi connectivity index (χ2v) is 9.73. The van der Waals surface area contributed by atoms with Crippen molar-refractivity contribution in [2.45, 2.75) is 38.1 Å². The van der Waals surface area contributed by atoms with E-state index in [1.54, 1.807) is 36.4 Å². The molecule has 0 aliphatic heterocycles. The fourth-order valence-corrected chi connectivity index (χ4v) is 4.28. The Hall–Kier alpha value is -2.16. The number of aliphatic hydroxyl groups is 1. The zero-order valence-electron chi connectivity index (χ0n) is 18.2. The molecule has 0 saturated carbocycles. The van der Waals surface area contributed by atoms with E-state index in [0.29, 0.717) is 29.5 Å². The van der Waals surface area contributed by atoms with E-state index in [2.05, 4.69) is 31.9 Å². The highest BCUT2D eigenvalue weighted by Crippen LogP contribution is 2.40. The predicted molar refractivity (Wildman–Crippen MR) is 131 cm³/mol. The van der Waals surface area contributed by atoms with E-state index < -0.39 is 35.8 Å². The molecular weight excluding hydrogens is 577 g/mol. The first kappa shape index (κ1) is 26.4. The lowest BCUT2D eigenvalue weighted by Crippen LogP contribution is -2.25. The molecule has 0 saturated heterocycles. The van der Waals surface area contributed by atoms with E-state index in [0.717, 1.165) is 21.1 Å². The fraction of sp³-hybridized carbons (Fsp3) is 0.269. The van der Waals surface area contributed by atoms with Crippen molar-refractivity contribution in [1.29, 1.82) is 0 Å². The number of esters is 1. The Labute approximate surface area is 213 Å². The van der Waals surface area contributed by atoms with Crippen molar-refractivity contribution >= 4 is 37.8 Å². The van der Waals surface area contributed by atoms with E-state index in [1.165, 1.54) is 12.1 Å². The van der Waals surface area contributed by atoms with Gasteiger partial charge in [-0.05, 0) is 66.1 Å². The molecule has 3 atom stereocenters. The zero-order chi connectivity index (χ0) is 24.9. The lowest BCUT2D eigenvalue weighted by molar-refractivity contribution is -0.137. The molecule has 1 N–H and O–H groups in total. The molecule has 3 aromatic rings. The summed E-state index contributed by atoms with van der Waals surface area (Å²) in [4.78, 5) is 13.0. The summed E-state index contributed by atoms with van der Waals surface area (Å²) in [6, 6.07) is 18.4. The molecule has 0 spiro atoms. The Morgan fingerprint density at radius 1 is 0.882 bits per heavy atom. The van der Waals surface area contributed by atoms with Gasteiger partial charge in [0.25, 0.3) is 0 Å². The second-order valence-electron chi connectivity index (χ2n) is 7.90. The van der Waals surface area contributed by atoms with Gasteiger partial charge in [0.15, 0.2) is 0 Å². The third-order valence-electron chi connectivity index (χ3n) is 5.51. The normalized spacial score (nSPS) is 14.3. The van der Waals surface area contributed by atoms with Crippen molar-refractivity contribution in [3.8, 4) is 0 Å². The van der Waals surface area contributed by atoms with E-state index in [9.17, 15) is 23.1 Å². The number of rotatable bonds is 8. The minimum absolute atomic E-state index is 0.327. The molecule has 0 heterocycles. The molecule has 0 aromatic heterocycles. The summed E-state index contributed by atoms with van der Waals surface area (Å²) in [6.07, 6.45) is -5.27. The van der Waals surface area contributed by atoms with E-state index in [-0.39, 0.29) is 0 Å². The van der Waals surface area contributed by atoms with Gasteiger partial charge in [0, 0.05) is 14.9 Å². The Morgan fingerprint density at radius 2 is 1.38 bits per heavy atom. The lowest BCUT2D eigenvalue weighted by atomic mass is 9.84. The van der Waals surface area contributed by atoms with Crippen LogP contribution in [-0.2, 0) is 10.9 Å². The number of carbonyl (C=O) groups excluding carboxylic acids is 1. The summed E-state index contributed by atoms with van der Waals surface area (Å²) < 4.78 is 46.5. The van der Waals surface area contributed by atoms with E-state index in [1.807, 2.05) is 19.1 Å². The number of alkyl halides is 3. The maximum atomic E-state index is 13.0. The third kappa shape index (κ3) is 6.71. The summed E-state index contributed by atoms with van der Waals surface area (Å²) in [6.45, 7) is 1.93. The number of hydrogen-bond acceptors (Lipinski definition) is 3. The first-order chi connectivity index (χ1) is 16.1. The van der Waals surface area contributed by atoms with Crippen molar-refractivity contribution in [2.24, 2.45) is 5.92 Å². The third-order valence-corrected chi connectivity index (χ3v) is 6.57. The van der Waals surface area contributed by atoms with Gasteiger partial charge >= 0.3 is 12.1 Å². The van der Waals surface area contributed by atoms with Crippen LogP contribution in [0.2, 0.25) is 0 Å². The minimum atomic E-state index is -4.47. The van der Waals surface area contributed by atoms with Crippen LogP contribution in [0.5, 0.6) is 0 Å². The van der Waals surface area contributed by atoms with Crippen LogP contribution in [-0.4, -0.2) is 11.1 Å². The highest BCUT2D eigenvalue weighted by molar-refractivity contribution is 9.10. The molecule has 0 radical (unpaired) electrons. The van der Waals surface area contributed by atoms with Gasteiger partial charge in [-0.25, -0.2) is 4.79 Å². The Kier molecular flexibility index (Phi) is 8.95. The Morgan fingerprint density at radius 3 is 1.88 bits per heavy atom. The quantitative estimate of drug-likeness (QED) is 0.265. The molecule has 3 rings (SSSR count). The number of ether oxygens (including phenoxy) is 1. The summed E-state index contributed by atoms with van der Waals surface area (Å²) in [7, 11) is 0. The molecule has 0 aliphatic rings. The average Bonchev–Trinajstić information content (AvgIpc) is 2.81. The van der Waals surface area contributed by atoms with Crippen molar-refractivity contribution in [3.05, 3.63) is 104 Å². The minimum Gasteiger partial charge on any atom is -0.453 e. The molecular formula is C26H23Br2F3O3. The number of carbonyl (C=O) groups is 1. The number of halogens is 5. The van der Waals surface area contributed by atoms with Crippen LogP contribution in [0, 0.1) is 5.92 Å². The maximum Gasteiger partial charge on any atom is 0.416 e. The summed E-state index contributed by atoms with van der Waals surface area (Å²) >= 11 is 6.73. The monoisotopic (exact) mass is 598 g/mol. The van der Waals surface area contributed by atoms with Crippen LogP contribution in [0.1, 0.15) is 59.0 Å². The highest BCUT2D eigenvalue weighted by Gasteiger charge is 2.35. The summed E-state index contributed by atoms with van der Waals surface area (Å²) in [5, 5.41) is 11.2. The van der Waals surface area contributed by atoms with Crippen LogP contribution < -0.4 is 0 Å². The van der Waals surface area contributed by atoms with Gasteiger partial charge in [-0.15, -0.1) is 0 Å². The van der Waals surface area contributed by atoms with Crippen LogP contribution in [0.4, 0.5) is 13.2 Å². The first-order valence-corrected chi connectivity index (χ1v) is 12.3. The van der Waals surface area contributed by atoms with Gasteiger partial charge in [-0.2, -0.15) is 13.2 Å². The van der Waals surface area contributed by atoms with Crippen LogP contribution in [0.3, 0.4) is 0 Å². The zero-order valence-corrected chi connectivity index (χ0v) is 21.4. The van der Waals surface area contributed by atoms with Gasteiger partial charge in [-0.3, -0.25) is 0 Å². The van der Waals surface area contributed by atoms with Gasteiger partial charge in [0.05, 0.1) is 17.2 Å². The molecule has 0 bridgehead atoms. The number of benzene rings is 3. The van der Waals surface area contributed by atoms with Crippen molar-refractivity contribution in [1.82, 2.24) is 0 Å². The van der Waals surface area contributed by atoms with Crippen molar-refractivity contribution < 1.29 is 27.8 Å². The van der Waals surface area contributed by atoms with Crippen LogP contribution in [0.25, 0.3) is 0 Å². The van der Waals surface area contributed by atoms with Crippen molar-refractivity contribution in [2.75, 3.05) is 0 Å². The molecule has 8 heteroatoms. The lowest BCUT2D eigenvalue weighted by Gasteiger charge is -2.31. The SMILES string of the molecule is CCC[C@@H]([C@H](O)c1ccc(C(F)(F)F)cc1)[C@H](OC(=O)c1ccc(Br)cc1)c1ccc(Br)cc1. The van der Waals surface area contributed by atoms with Crippen molar-refractivity contribution in [3.63, 3.8) is 0 Å². The molecule has 0 unspecified atom stereocenters. The van der Waals surface area contributed by atoms with E-state index >= 15 is 0 Å². The van der Waals surface area contributed by atoms with Gasteiger partial charge < -0.3 is 9.84 Å². The molecule has 180 valence electrons. The second kappa shape index (κ2) is 11.5. The van der Waals surface area contributed by atoms with Gasteiger partial charge in [-0.1, -0.05) is 69.5 Å². The maximum absolute atomic E-state index is 13.0. The first-order valence-electron chi connectivity index (χ1n) is 10.7. The standard InChI is InChI=1S/C26H23Br2F3O3/c1-2-3-22(23(32)16-4-10-19(11-5-16)26(29,30)31)24(17-6-12-20(27)13-7-17)34-25(33)18-8-14-21(28)15-9-18/h4-15,22-24,32H,2-3H2,1H3/t22-,23+,24+/m0/s1. The molecule has 0 amide bonds. The topological polar surface area (TPSA) is 46.5 Å². The Bertz CT molecular complexity index is 1080. The van der Waals surface area contributed by atoms with Gasteiger partial charge in [0.1, 0.15) is 6.10 Å². The largest absolute Gasteiger partial charge is 0.453 e. The molecule has 0 aliphatic carbocycles. The molecule has 0 fully saturated rings. The number of hydrogen-bond donors (Lipinski definition) is 1. The van der Waals surface area contributed by atoms with E-state index in [4.69, 9.17) is 4.74 Å².